The average molecular weight is 368 g/mol. The van der Waals surface area contributed by atoms with Crippen molar-refractivity contribution in [2.24, 2.45) is 10.9 Å². The molecule has 132 valence electrons. The molecule has 1 aliphatic rings. The zero-order valence-corrected chi connectivity index (χ0v) is 14.5. The lowest BCUT2D eigenvalue weighted by Gasteiger charge is -2.19. The maximum absolute atomic E-state index is 12.2. The highest BCUT2D eigenvalue weighted by molar-refractivity contribution is 8.14. The van der Waals surface area contributed by atoms with Gasteiger partial charge in [0, 0.05) is 6.20 Å². The Balaban J connectivity index is 1.55. The molecule has 0 unspecified atom stereocenters. The third kappa shape index (κ3) is 4.76. The molecule has 1 aromatic heterocycles. The molecule has 0 aliphatic carbocycles. The summed E-state index contributed by atoms with van der Waals surface area (Å²) in [7, 11) is 0. The quantitative estimate of drug-likeness (QED) is 0.781. The molecule has 1 atom stereocenters. The van der Waals surface area contributed by atoms with Gasteiger partial charge < -0.3 is 10.6 Å². The Labute approximate surface area is 154 Å². The van der Waals surface area contributed by atoms with Crippen LogP contribution in [0.4, 0.5) is 5.82 Å². The molecule has 3 rings (SSSR count). The number of pyridine rings is 1. The molecular formula is C18H16N4O3S. The van der Waals surface area contributed by atoms with E-state index in [1.165, 1.54) is 0 Å². The Morgan fingerprint density at radius 3 is 2.58 bits per heavy atom. The van der Waals surface area contributed by atoms with Crippen LogP contribution in [0.15, 0.2) is 59.7 Å². The van der Waals surface area contributed by atoms with Crippen molar-refractivity contribution in [1.29, 1.82) is 0 Å². The Morgan fingerprint density at radius 1 is 1.12 bits per heavy atom. The number of rotatable bonds is 5. The second kappa shape index (κ2) is 8.39. The van der Waals surface area contributed by atoms with Gasteiger partial charge in [0.2, 0.25) is 11.8 Å². The van der Waals surface area contributed by atoms with Crippen LogP contribution < -0.4 is 10.6 Å². The van der Waals surface area contributed by atoms with E-state index in [0.717, 1.165) is 17.3 Å². The van der Waals surface area contributed by atoms with Crippen LogP contribution in [0, 0.1) is 5.92 Å². The minimum absolute atomic E-state index is 0.00627. The average Bonchev–Trinajstić information content (AvgIpc) is 2.65. The largest absolute Gasteiger partial charge is 0.310 e. The number of amidine groups is 1. The molecule has 7 nitrogen and oxygen atoms in total. The molecular weight excluding hydrogens is 352 g/mol. The molecule has 1 aliphatic heterocycles. The van der Waals surface area contributed by atoms with Crippen molar-refractivity contribution in [3.05, 3.63) is 60.3 Å². The molecule has 0 bridgehead atoms. The molecule has 3 amide bonds. The van der Waals surface area contributed by atoms with E-state index in [4.69, 9.17) is 0 Å². The van der Waals surface area contributed by atoms with Crippen LogP contribution >= 0.6 is 11.8 Å². The maximum atomic E-state index is 12.2. The molecule has 0 radical (unpaired) electrons. The number of amides is 3. The number of nitrogens with zero attached hydrogens (tertiary/aromatic N) is 2. The fourth-order valence-corrected chi connectivity index (χ4v) is 3.03. The van der Waals surface area contributed by atoms with Gasteiger partial charge in [-0.2, -0.15) is 4.99 Å². The number of thioether (sulfide) groups is 1. The van der Waals surface area contributed by atoms with Gasteiger partial charge in [-0.25, -0.2) is 4.98 Å². The smallest absolute Gasteiger partial charge is 0.261 e. The van der Waals surface area contributed by atoms with E-state index in [2.05, 4.69) is 20.6 Å². The van der Waals surface area contributed by atoms with Crippen LogP contribution in [0.3, 0.4) is 0 Å². The van der Waals surface area contributed by atoms with Gasteiger partial charge in [-0.05, 0) is 24.1 Å². The number of hydrogen-bond acceptors (Lipinski definition) is 5. The lowest BCUT2D eigenvalue weighted by atomic mass is 9.97. The fraction of sp³-hybridized carbons (Fsp3) is 0.167. The van der Waals surface area contributed by atoms with Gasteiger partial charge in [-0.15, -0.1) is 0 Å². The van der Waals surface area contributed by atoms with Gasteiger partial charge in [-0.3, -0.25) is 14.4 Å². The van der Waals surface area contributed by atoms with E-state index in [1.54, 1.807) is 24.4 Å². The van der Waals surface area contributed by atoms with Gasteiger partial charge in [0.1, 0.15) is 11.7 Å². The van der Waals surface area contributed by atoms with Gasteiger partial charge >= 0.3 is 0 Å². The van der Waals surface area contributed by atoms with E-state index in [-0.39, 0.29) is 16.8 Å². The topological polar surface area (TPSA) is 101 Å². The van der Waals surface area contributed by atoms with Crippen molar-refractivity contribution in [3.8, 4) is 0 Å². The lowest BCUT2D eigenvalue weighted by molar-refractivity contribution is -0.133. The molecule has 0 spiro atoms. The summed E-state index contributed by atoms with van der Waals surface area (Å²) in [4.78, 5) is 44.2. The van der Waals surface area contributed by atoms with Crippen LogP contribution in [0.2, 0.25) is 0 Å². The van der Waals surface area contributed by atoms with Gasteiger partial charge in [-0.1, -0.05) is 48.2 Å². The monoisotopic (exact) mass is 368 g/mol. The summed E-state index contributed by atoms with van der Waals surface area (Å²) in [5.74, 6) is -1.60. The van der Waals surface area contributed by atoms with E-state index in [9.17, 15) is 14.4 Å². The van der Waals surface area contributed by atoms with Gasteiger partial charge in [0.25, 0.3) is 5.91 Å². The number of aliphatic imine (C=N–C) groups is 1. The lowest BCUT2D eigenvalue weighted by Crippen LogP contribution is -2.44. The van der Waals surface area contributed by atoms with Crippen LogP contribution in [0.5, 0.6) is 0 Å². The van der Waals surface area contributed by atoms with E-state index < -0.39 is 17.7 Å². The van der Waals surface area contributed by atoms with Crippen molar-refractivity contribution >= 4 is 40.5 Å². The number of nitrogens with one attached hydrogen (secondary N) is 2. The summed E-state index contributed by atoms with van der Waals surface area (Å²) in [6, 6.07) is 14.5. The van der Waals surface area contributed by atoms with E-state index >= 15 is 0 Å². The Morgan fingerprint density at radius 2 is 1.88 bits per heavy atom. The Hall–Kier alpha value is -3.00. The number of carbonyl (C=O) groups excluding carboxylic acids is 3. The second-order valence-electron chi connectivity index (χ2n) is 5.54. The molecule has 0 fully saturated rings. The number of aromatic nitrogens is 1. The van der Waals surface area contributed by atoms with Crippen molar-refractivity contribution in [1.82, 2.24) is 10.3 Å². The first-order valence-electron chi connectivity index (χ1n) is 7.93. The first-order valence-corrected chi connectivity index (χ1v) is 8.91. The highest BCUT2D eigenvalue weighted by Gasteiger charge is 2.32. The Kier molecular flexibility index (Phi) is 5.75. The zero-order chi connectivity index (χ0) is 18.4. The van der Waals surface area contributed by atoms with Gasteiger partial charge in [0.05, 0.1) is 5.75 Å². The number of hydrogen-bond donors (Lipinski definition) is 2. The number of benzene rings is 1. The van der Waals surface area contributed by atoms with Gasteiger partial charge in [0.15, 0.2) is 5.17 Å². The second-order valence-corrected chi connectivity index (χ2v) is 6.50. The molecule has 26 heavy (non-hydrogen) atoms. The van der Waals surface area contributed by atoms with Crippen LogP contribution in [0.1, 0.15) is 5.56 Å². The van der Waals surface area contributed by atoms with Crippen LogP contribution in [-0.4, -0.2) is 33.6 Å². The van der Waals surface area contributed by atoms with Crippen molar-refractivity contribution in [3.63, 3.8) is 0 Å². The molecule has 1 aromatic carbocycles. The minimum atomic E-state index is -0.843. The molecule has 2 aromatic rings. The molecule has 2 N–H and O–H groups in total. The normalized spacial score (nSPS) is 16.6. The fourth-order valence-electron chi connectivity index (χ4n) is 2.36. The molecule has 0 saturated carbocycles. The van der Waals surface area contributed by atoms with E-state index in [0.29, 0.717) is 12.2 Å². The highest BCUT2D eigenvalue weighted by atomic mass is 32.2. The first-order chi connectivity index (χ1) is 12.6. The van der Waals surface area contributed by atoms with Crippen LogP contribution in [0.25, 0.3) is 0 Å². The van der Waals surface area contributed by atoms with Crippen LogP contribution in [-0.2, 0) is 20.8 Å². The third-order valence-electron chi connectivity index (χ3n) is 3.61. The first kappa shape index (κ1) is 17.8. The summed E-state index contributed by atoms with van der Waals surface area (Å²) in [6.07, 6.45) is 1.87. The Bertz CT molecular complexity index is 840. The third-order valence-corrected chi connectivity index (χ3v) is 4.48. The molecule has 0 saturated heterocycles. The highest BCUT2D eigenvalue weighted by Crippen LogP contribution is 2.17. The zero-order valence-electron chi connectivity index (χ0n) is 13.7. The van der Waals surface area contributed by atoms with Crippen molar-refractivity contribution < 1.29 is 14.4 Å². The summed E-state index contributed by atoms with van der Waals surface area (Å²) in [6.45, 7) is 0. The summed E-state index contributed by atoms with van der Waals surface area (Å²) >= 11 is 0.998. The number of anilines is 1. The minimum Gasteiger partial charge on any atom is -0.310 e. The predicted octanol–water partition coefficient (Wildman–Crippen LogP) is 1.62. The summed E-state index contributed by atoms with van der Waals surface area (Å²) < 4.78 is 0. The summed E-state index contributed by atoms with van der Waals surface area (Å²) in [5, 5.41) is 5.36. The molecule has 8 heteroatoms. The predicted molar refractivity (Wildman–Crippen MR) is 99.5 cm³/mol. The van der Waals surface area contributed by atoms with E-state index in [1.807, 2.05) is 30.3 Å². The van der Waals surface area contributed by atoms with Crippen molar-refractivity contribution in [2.45, 2.75) is 6.42 Å². The standard InChI is InChI=1S/C18H16N4O3S/c23-15(20-14-8-4-5-9-19-14)11-26-18-21-16(24)13(17(25)22-18)10-12-6-2-1-3-7-12/h1-9,13H,10-11H2,(H,19,20,23)(H,21,22,24,25). The maximum Gasteiger partial charge on any atom is 0.261 e. The SMILES string of the molecule is O=C(CSC1=NC(=O)[C@@H](Cc2ccccc2)C(=O)N1)Nc1ccccn1. The number of carbonyl (C=O) groups is 3. The summed E-state index contributed by atoms with van der Waals surface area (Å²) in [5.41, 5.74) is 0.891. The van der Waals surface area contributed by atoms with Crippen molar-refractivity contribution in [2.75, 3.05) is 11.1 Å². The molecule has 2 heterocycles.